The van der Waals surface area contributed by atoms with Gasteiger partial charge in [0.05, 0.1) is 46.2 Å². The zero-order valence-electron chi connectivity index (χ0n) is 41.1. The number of amides is 4. The average molecular weight is 958 g/mol. The van der Waals surface area contributed by atoms with Crippen molar-refractivity contribution in [1.29, 1.82) is 0 Å². The largest absolute Gasteiger partial charge is 0.481 e. The minimum absolute atomic E-state index is 0.0000521. The van der Waals surface area contributed by atoms with Crippen LogP contribution in [0.1, 0.15) is 174 Å². The normalized spacial score (nSPS) is 15.7. The second-order valence-electron chi connectivity index (χ2n) is 17.9. The van der Waals surface area contributed by atoms with Crippen LogP contribution in [0.15, 0.2) is 0 Å². The van der Waals surface area contributed by atoms with Crippen LogP contribution in [0.3, 0.4) is 0 Å². The third kappa shape index (κ3) is 39.2. The first-order valence-electron chi connectivity index (χ1n) is 25.8. The van der Waals surface area contributed by atoms with Crippen LogP contribution in [-0.4, -0.2) is 142 Å². The van der Waals surface area contributed by atoms with Crippen molar-refractivity contribution in [2.45, 2.75) is 186 Å². The van der Waals surface area contributed by atoms with E-state index in [2.05, 4.69) is 33.5 Å². The minimum Gasteiger partial charge on any atom is -0.481 e. The molecule has 1 rings (SSSR count). The van der Waals surface area contributed by atoms with Crippen molar-refractivity contribution in [3.63, 3.8) is 0 Å². The van der Waals surface area contributed by atoms with Crippen LogP contribution < -0.4 is 26.6 Å². The molecule has 1 aliphatic rings. The predicted molar refractivity (Wildman–Crippen MR) is 256 cm³/mol. The van der Waals surface area contributed by atoms with Gasteiger partial charge < -0.3 is 55.5 Å². The van der Waals surface area contributed by atoms with Crippen LogP contribution in [0.4, 0.5) is 0 Å². The topological polar surface area (TPSA) is 260 Å². The van der Waals surface area contributed by atoms with Crippen molar-refractivity contribution < 1.29 is 63.0 Å². The maximum absolute atomic E-state index is 13.0. The molecule has 0 aliphatic heterocycles. The Kier molecular flexibility index (Phi) is 40.3. The molecule has 1 fully saturated rings. The molecule has 2 unspecified atom stereocenters. The number of nitrogens with one attached hydrogen (secondary N) is 5. The van der Waals surface area contributed by atoms with E-state index >= 15 is 0 Å². The number of hydrogen-bond acceptors (Lipinski definition) is 12. The third-order valence-electron chi connectivity index (χ3n) is 11.9. The Balaban J connectivity index is 1.98. The van der Waals surface area contributed by atoms with Gasteiger partial charge >= 0.3 is 11.9 Å². The number of aliphatic carboxylic acids is 2. The molecule has 1 aliphatic carbocycles. The molecule has 0 saturated heterocycles. The maximum atomic E-state index is 13.0. The molecule has 67 heavy (non-hydrogen) atoms. The molecule has 0 radical (unpaired) electrons. The van der Waals surface area contributed by atoms with Crippen molar-refractivity contribution in [2.75, 3.05) is 79.0 Å². The van der Waals surface area contributed by atoms with Gasteiger partial charge in [-0.25, -0.2) is 4.79 Å². The summed E-state index contributed by atoms with van der Waals surface area (Å²) < 4.78 is 21.5. The van der Waals surface area contributed by atoms with Gasteiger partial charge in [-0.1, -0.05) is 103 Å². The minimum atomic E-state index is -1.19. The van der Waals surface area contributed by atoms with Gasteiger partial charge in [0.25, 0.3) is 0 Å². The van der Waals surface area contributed by atoms with E-state index in [1.54, 1.807) is 0 Å². The molecule has 0 aromatic heterocycles. The van der Waals surface area contributed by atoms with Gasteiger partial charge in [0, 0.05) is 51.4 Å². The van der Waals surface area contributed by atoms with Gasteiger partial charge in [-0.3, -0.25) is 29.3 Å². The van der Waals surface area contributed by atoms with E-state index in [9.17, 15) is 39.0 Å². The zero-order chi connectivity index (χ0) is 49.0. The first kappa shape index (κ1) is 61.6. The lowest BCUT2D eigenvalue weighted by Gasteiger charge is -2.28. The molecule has 8 N–H and O–H groups in total. The molecule has 390 valence electrons. The highest BCUT2D eigenvalue weighted by atomic mass is 16.5. The first-order valence-corrected chi connectivity index (χ1v) is 25.8. The SMILES string of the molecule is CCCCNC(=O)COCCOCCNC(O)COCCOCCNC(=O)CCC(NC(=O)C1CCC(CNC(=O)CCCCCCCCCCCCCCCCCCC(=O)O)CC1)C(=O)O. The molecule has 0 aromatic carbocycles. The van der Waals surface area contributed by atoms with Crippen molar-refractivity contribution in [3.8, 4) is 0 Å². The van der Waals surface area contributed by atoms with Gasteiger partial charge in [0.1, 0.15) is 18.9 Å². The predicted octanol–water partition coefficient (Wildman–Crippen LogP) is 5.37. The summed E-state index contributed by atoms with van der Waals surface area (Å²) in [4.78, 5) is 71.7. The van der Waals surface area contributed by atoms with E-state index in [0.29, 0.717) is 71.1 Å². The fourth-order valence-electron chi connectivity index (χ4n) is 7.80. The maximum Gasteiger partial charge on any atom is 0.326 e. The Morgan fingerprint density at radius 1 is 0.537 bits per heavy atom. The number of carbonyl (C=O) groups is 6. The van der Waals surface area contributed by atoms with Crippen LogP contribution in [0.25, 0.3) is 0 Å². The Labute approximate surface area is 401 Å². The molecule has 4 amide bonds. The summed E-state index contributed by atoms with van der Waals surface area (Å²) in [6, 6.07) is -1.17. The van der Waals surface area contributed by atoms with Gasteiger partial charge in [0.15, 0.2) is 0 Å². The number of carbonyl (C=O) groups excluding carboxylic acids is 4. The Morgan fingerprint density at radius 2 is 1.04 bits per heavy atom. The molecule has 0 aromatic rings. The molecular weight excluding hydrogens is 867 g/mol. The summed E-state index contributed by atoms with van der Waals surface area (Å²) in [5, 5.41) is 42.4. The van der Waals surface area contributed by atoms with Gasteiger partial charge in [0.2, 0.25) is 23.6 Å². The molecule has 18 heteroatoms. The van der Waals surface area contributed by atoms with Crippen molar-refractivity contribution in [1.82, 2.24) is 26.6 Å². The smallest absolute Gasteiger partial charge is 0.326 e. The molecule has 2 atom stereocenters. The number of carboxylic acids is 2. The van der Waals surface area contributed by atoms with Crippen LogP contribution >= 0.6 is 0 Å². The number of carboxylic acid groups (broad SMARTS) is 2. The number of aliphatic hydroxyl groups excluding tert-OH is 1. The van der Waals surface area contributed by atoms with E-state index in [-0.39, 0.29) is 82.0 Å². The fourth-order valence-corrected chi connectivity index (χ4v) is 7.80. The molecule has 0 bridgehead atoms. The van der Waals surface area contributed by atoms with Gasteiger partial charge in [-0.2, -0.15) is 0 Å². The number of ether oxygens (including phenoxy) is 4. The number of unbranched alkanes of at least 4 members (excludes halogenated alkanes) is 16. The highest BCUT2D eigenvalue weighted by Gasteiger charge is 2.30. The van der Waals surface area contributed by atoms with Crippen LogP contribution in [0, 0.1) is 11.8 Å². The van der Waals surface area contributed by atoms with Crippen molar-refractivity contribution in [3.05, 3.63) is 0 Å². The summed E-state index contributed by atoms with van der Waals surface area (Å²) in [7, 11) is 0. The Bertz CT molecular complexity index is 1290. The van der Waals surface area contributed by atoms with Crippen molar-refractivity contribution in [2.24, 2.45) is 11.8 Å². The Morgan fingerprint density at radius 3 is 1.61 bits per heavy atom. The molecular formula is C49H91N5O13. The van der Waals surface area contributed by atoms with E-state index in [0.717, 1.165) is 64.2 Å². The molecule has 18 nitrogen and oxygen atoms in total. The lowest BCUT2D eigenvalue weighted by molar-refractivity contribution is -0.143. The van der Waals surface area contributed by atoms with Crippen molar-refractivity contribution >= 4 is 35.6 Å². The Hall–Kier alpha value is -3.42. The summed E-state index contributed by atoms with van der Waals surface area (Å²) in [5.74, 6) is -2.62. The molecule has 0 spiro atoms. The molecule has 0 heterocycles. The zero-order valence-corrected chi connectivity index (χ0v) is 41.1. The number of rotatable bonds is 47. The fraction of sp³-hybridized carbons (Fsp3) is 0.878. The quantitative estimate of drug-likeness (QED) is 0.0282. The van der Waals surface area contributed by atoms with Gasteiger partial charge in [-0.15, -0.1) is 0 Å². The standard InChI is InChI=1S/C49H91N5O13/c1-2-3-28-50-45(57)38-66-35-34-65-32-30-52-46(58)39-67-36-33-64-31-29-51-44(56)27-26-42(49(62)63)54-48(61)41-24-22-40(23-25-41)37-53-43(55)20-18-16-14-12-10-8-6-4-5-7-9-11-13-15-17-19-21-47(59)60/h40-42,46,52,58H,2-39H2,1H3,(H,50,57)(H,51,56)(H,53,55)(H,54,61)(H,59,60)(H,62,63). The highest BCUT2D eigenvalue weighted by molar-refractivity contribution is 5.85. The van der Waals surface area contributed by atoms with E-state index in [1.165, 1.54) is 64.2 Å². The summed E-state index contributed by atoms with van der Waals surface area (Å²) in [6.45, 7) is 5.64. The number of aliphatic hydroxyl groups is 1. The lowest BCUT2D eigenvalue weighted by atomic mass is 9.81. The molecule has 1 saturated carbocycles. The van der Waals surface area contributed by atoms with Crippen LogP contribution in [-0.2, 0) is 47.7 Å². The monoisotopic (exact) mass is 958 g/mol. The second-order valence-corrected chi connectivity index (χ2v) is 17.9. The van der Waals surface area contributed by atoms with Crippen LogP contribution in [0.2, 0.25) is 0 Å². The second kappa shape index (κ2) is 43.8. The van der Waals surface area contributed by atoms with Gasteiger partial charge in [-0.05, 0) is 57.3 Å². The van der Waals surface area contributed by atoms with Crippen LogP contribution in [0.5, 0.6) is 0 Å². The average Bonchev–Trinajstić information content (AvgIpc) is 3.30. The summed E-state index contributed by atoms with van der Waals surface area (Å²) in [5.41, 5.74) is 0. The summed E-state index contributed by atoms with van der Waals surface area (Å²) in [6.07, 6.45) is 23.4. The van der Waals surface area contributed by atoms with E-state index < -0.39 is 24.2 Å². The van der Waals surface area contributed by atoms with E-state index in [4.69, 9.17) is 24.1 Å². The summed E-state index contributed by atoms with van der Waals surface area (Å²) >= 11 is 0. The lowest BCUT2D eigenvalue weighted by Crippen LogP contribution is -2.45. The number of hydrogen-bond donors (Lipinski definition) is 8. The third-order valence-corrected chi connectivity index (χ3v) is 11.9. The first-order chi connectivity index (χ1) is 32.5. The highest BCUT2D eigenvalue weighted by Crippen LogP contribution is 2.29. The van der Waals surface area contributed by atoms with E-state index in [1.807, 2.05) is 0 Å².